The van der Waals surface area contributed by atoms with E-state index < -0.39 is 0 Å². The molecule has 0 atom stereocenters. The van der Waals surface area contributed by atoms with Crippen LogP contribution in [0.1, 0.15) is 60.8 Å². The number of hydrogen-bond acceptors (Lipinski definition) is 1. The molecule has 0 unspecified atom stereocenters. The summed E-state index contributed by atoms with van der Waals surface area (Å²) in [5.74, 6) is -0.0371. The zero-order valence-electron chi connectivity index (χ0n) is 16.9. The molecule has 0 spiro atoms. The van der Waals surface area contributed by atoms with Crippen molar-refractivity contribution in [3.63, 3.8) is 0 Å². The number of hydrogen-bond donors (Lipinski definition) is 1. The molecule has 1 N–H and O–H groups in total. The van der Waals surface area contributed by atoms with Crippen molar-refractivity contribution in [1.29, 1.82) is 0 Å². The standard InChI is InChI=1S/C24H30N2O/c1-5-8-9-19-10-13-20(14-11-19)25-24(27)23-17(4)21-16-18(6-2)12-15-22(21)26(23)7-3/h10-16H,5-9H2,1-4H3,(H,25,27). The highest BCUT2D eigenvalue weighted by molar-refractivity contribution is 6.08. The van der Waals surface area contributed by atoms with Crippen molar-refractivity contribution in [2.45, 2.75) is 59.9 Å². The summed E-state index contributed by atoms with van der Waals surface area (Å²) in [5.41, 5.74) is 6.42. The molecule has 0 aliphatic carbocycles. The lowest BCUT2D eigenvalue weighted by molar-refractivity contribution is 0.101. The van der Waals surface area contributed by atoms with Gasteiger partial charge in [0.2, 0.25) is 0 Å². The van der Waals surface area contributed by atoms with Crippen LogP contribution in [0.25, 0.3) is 10.9 Å². The van der Waals surface area contributed by atoms with Crippen LogP contribution in [0, 0.1) is 6.92 Å². The van der Waals surface area contributed by atoms with E-state index in [9.17, 15) is 4.79 Å². The van der Waals surface area contributed by atoms with E-state index in [1.165, 1.54) is 29.4 Å². The third-order valence-corrected chi connectivity index (χ3v) is 5.35. The number of nitrogens with zero attached hydrogens (tertiary/aromatic N) is 1. The Morgan fingerprint density at radius 1 is 1.00 bits per heavy atom. The fraction of sp³-hybridized carbons (Fsp3) is 0.375. The number of nitrogens with one attached hydrogen (secondary N) is 1. The number of amides is 1. The first-order valence-corrected chi connectivity index (χ1v) is 10.1. The minimum Gasteiger partial charge on any atom is -0.337 e. The van der Waals surface area contributed by atoms with Gasteiger partial charge in [-0.25, -0.2) is 0 Å². The van der Waals surface area contributed by atoms with Crippen molar-refractivity contribution in [2.75, 3.05) is 5.32 Å². The summed E-state index contributed by atoms with van der Waals surface area (Å²) in [5, 5.41) is 4.26. The molecule has 0 fully saturated rings. The number of carbonyl (C=O) groups is 1. The molecule has 2 aromatic carbocycles. The molecule has 3 rings (SSSR count). The van der Waals surface area contributed by atoms with Crippen LogP contribution in [0.2, 0.25) is 0 Å². The molecule has 27 heavy (non-hydrogen) atoms. The number of fused-ring (bicyclic) bond motifs is 1. The zero-order chi connectivity index (χ0) is 19.4. The topological polar surface area (TPSA) is 34.0 Å². The molecule has 0 radical (unpaired) electrons. The Labute approximate surface area is 162 Å². The third-order valence-electron chi connectivity index (χ3n) is 5.35. The first-order chi connectivity index (χ1) is 13.1. The number of rotatable bonds is 7. The number of benzene rings is 2. The Morgan fingerprint density at radius 3 is 2.33 bits per heavy atom. The van der Waals surface area contributed by atoms with E-state index in [1.807, 2.05) is 12.1 Å². The first-order valence-electron chi connectivity index (χ1n) is 10.1. The summed E-state index contributed by atoms with van der Waals surface area (Å²) in [6, 6.07) is 14.8. The second-order valence-corrected chi connectivity index (χ2v) is 7.18. The van der Waals surface area contributed by atoms with E-state index in [0.29, 0.717) is 0 Å². The largest absolute Gasteiger partial charge is 0.337 e. The smallest absolute Gasteiger partial charge is 0.272 e. The summed E-state index contributed by atoms with van der Waals surface area (Å²) in [7, 11) is 0. The fourth-order valence-electron chi connectivity index (χ4n) is 3.74. The van der Waals surface area contributed by atoms with Gasteiger partial charge < -0.3 is 9.88 Å². The maximum Gasteiger partial charge on any atom is 0.272 e. The Bertz CT molecular complexity index is 935. The van der Waals surface area contributed by atoms with Crippen molar-refractivity contribution in [3.05, 3.63) is 64.8 Å². The number of aryl methyl sites for hydroxylation is 4. The maximum absolute atomic E-state index is 13.1. The van der Waals surface area contributed by atoms with Gasteiger partial charge in [-0.2, -0.15) is 0 Å². The molecule has 3 aromatic rings. The molecule has 3 nitrogen and oxygen atoms in total. The van der Waals surface area contributed by atoms with Crippen LogP contribution >= 0.6 is 0 Å². The molecule has 142 valence electrons. The molecule has 3 heteroatoms. The molecule has 0 saturated carbocycles. The van der Waals surface area contributed by atoms with Gasteiger partial charge in [0.1, 0.15) is 5.69 Å². The lowest BCUT2D eigenvalue weighted by Crippen LogP contribution is -2.17. The lowest BCUT2D eigenvalue weighted by Gasteiger charge is -2.10. The van der Waals surface area contributed by atoms with Crippen LogP contribution in [-0.4, -0.2) is 10.5 Å². The summed E-state index contributed by atoms with van der Waals surface area (Å²) >= 11 is 0. The van der Waals surface area contributed by atoms with Crippen LogP contribution in [0.5, 0.6) is 0 Å². The molecule has 1 aromatic heterocycles. The number of aromatic nitrogens is 1. The van der Waals surface area contributed by atoms with E-state index >= 15 is 0 Å². The van der Waals surface area contributed by atoms with E-state index in [2.05, 4.69) is 67.9 Å². The Kier molecular flexibility index (Phi) is 6.00. The summed E-state index contributed by atoms with van der Waals surface area (Å²) in [4.78, 5) is 13.1. The van der Waals surface area contributed by atoms with Crippen molar-refractivity contribution in [2.24, 2.45) is 0 Å². The molecule has 0 aliphatic rings. The van der Waals surface area contributed by atoms with Gasteiger partial charge in [0.05, 0.1) is 0 Å². The zero-order valence-corrected chi connectivity index (χ0v) is 16.9. The first kappa shape index (κ1) is 19.2. The average Bonchev–Trinajstić information content (AvgIpc) is 2.98. The van der Waals surface area contributed by atoms with Gasteiger partial charge in [0, 0.05) is 23.1 Å². The molecule has 0 bridgehead atoms. The molecule has 1 amide bonds. The van der Waals surface area contributed by atoms with Crippen molar-refractivity contribution < 1.29 is 4.79 Å². The highest BCUT2D eigenvalue weighted by atomic mass is 16.2. The van der Waals surface area contributed by atoms with Gasteiger partial charge in [-0.15, -0.1) is 0 Å². The van der Waals surface area contributed by atoms with Gasteiger partial charge >= 0.3 is 0 Å². The third kappa shape index (κ3) is 3.92. The lowest BCUT2D eigenvalue weighted by atomic mass is 10.1. The minimum atomic E-state index is -0.0371. The molecular weight excluding hydrogens is 332 g/mol. The van der Waals surface area contributed by atoms with Crippen molar-refractivity contribution in [1.82, 2.24) is 4.57 Å². The van der Waals surface area contributed by atoms with Crippen LogP contribution in [0.15, 0.2) is 42.5 Å². The number of anilines is 1. The predicted molar refractivity (Wildman–Crippen MR) is 115 cm³/mol. The predicted octanol–water partition coefficient (Wildman–Crippen LogP) is 6.13. The quantitative estimate of drug-likeness (QED) is 0.539. The summed E-state index contributed by atoms with van der Waals surface area (Å²) < 4.78 is 2.12. The van der Waals surface area contributed by atoms with Gasteiger partial charge in [0.15, 0.2) is 0 Å². The number of unbranched alkanes of at least 4 members (excludes halogenated alkanes) is 1. The summed E-state index contributed by atoms with van der Waals surface area (Å²) in [6.45, 7) is 9.27. The SMILES string of the molecule is CCCCc1ccc(NC(=O)c2c(C)c3cc(CC)ccc3n2CC)cc1. The van der Waals surface area contributed by atoms with E-state index in [1.54, 1.807) is 0 Å². The Hall–Kier alpha value is -2.55. The van der Waals surface area contributed by atoms with E-state index in [-0.39, 0.29) is 5.91 Å². The Balaban J connectivity index is 1.90. The summed E-state index contributed by atoms with van der Waals surface area (Å²) in [6.07, 6.45) is 4.48. The molecule has 0 aliphatic heterocycles. The average molecular weight is 363 g/mol. The van der Waals surface area contributed by atoms with Crippen molar-refractivity contribution in [3.8, 4) is 0 Å². The van der Waals surface area contributed by atoms with Gasteiger partial charge in [-0.05, 0) is 74.1 Å². The Morgan fingerprint density at radius 2 is 1.70 bits per heavy atom. The van der Waals surface area contributed by atoms with E-state index in [0.717, 1.165) is 41.8 Å². The van der Waals surface area contributed by atoms with Gasteiger partial charge in [-0.3, -0.25) is 4.79 Å². The second kappa shape index (κ2) is 8.43. The normalized spacial score (nSPS) is 11.1. The van der Waals surface area contributed by atoms with Crippen LogP contribution in [-0.2, 0) is 19.4 Å². The van der Waals surface area contributed by atoms with Crippen LogP contribution < -0.4 is 5.32 Å². The molecule has 0 saturated heterocycles. The molecular formula is C24H30N2O. The number of carbonyl (C=O) groups excluding carboxylic acids is 1. The second-order valence-electron chi connectivity index (χ2n) is 7.18. The van der Waals surface area contributed by atoms with Crippen LogP contribution in [0.3, 0.4) is 0 Å². The minimum absolute atomic E-state index is 0.0371. The van der Waals surface area contributed by atoms with Gasteiger partial charge in [0.25, 0.3) is 5.91 Å². The maximum atomic E-state index is 13.1. The highest BCUT2D eigenvalue weighted by Gasteiger charge is 2.19. The fourth-order valence-corrected chi connectivity index (χ4v) is 3.74. The van der Waals surface area contributed by atoms with Crippen molar-refractivity contribution >= 4 is 22.5 Å². The highest BCUT2D eigenvalue weighted by Crippen LogP contribution is 2.28. The molecule has 1 heterocycles. The monoisotopic (exact) mass is 362 g/mol. The van der Waals surface area contributed by atoms with E-state index in [4.69, 9.17) is 0 Å². The van der Waals surface area contributed by atoms with Crippen LogP contribution in [0.4, 0.5) is 5.69 Å². The van der Waals surface area contributed by atoms with Gasteiger partial charge in [-0.1, -0.05) is 38.5 Å².